The van der Waals surface area contributed by atoms with Crippen LogP contribution in [0.5, 0.6) is 5.75 Å². The summed E-state index contributed by atoms with van der Waals surface area (Å²) >= 11 is 1.68. The predicted molar refractivity (Wildman–Crippen MR) is 109 cm³/mol. The third-order valence-electron chi connectivity index (χ3n) is 4.96. The summed E-state index contributed by atoms with van der Waals surface area (Å²) in [6, 6.07) is 18.7. The number of likely N-dealkylation sites (tertiary alicyclic amines) is 1. The number of carbonyl (C=O) groups excluding carboxylic acids is 1. The van der Waals surface area contributed by atoms with Crippen LogP contribution in [-0.2, 0) is 17.0 Å². The molecule has 1 fully saturated rings. The van der Waals surface area contributed by atoms with E-state index in [-0.39, 0.29) is 5.91 Å². The monoisotopic (exact) mass is 369 g/mol. The van der Waals surface area contributed by atoms with Crippen molar-refractivity contribution >= 4 is 17.7 Å². The first kappa shape index (κ1) is 18.8. The van der Waals surface area contributed by atoms with Crippen LogP contribution in [0.4, 0.5) is 0 Å². The SMILES string of the molecule is COc1cccc(CSCC(=O)N2CCC(Cc3ccccc3)CC2)c1. The second-order valence-corrected chi connectivity index (χ2v) is 7.84. The van der Waals surface area contributed by atoms with Gasteiger partial charge in [-0.15, -0.1) is 11.8 Å². The third-order valence-corrected chi connectivity index (χ3v) is 5.95. The Labute approximate surface area is 160 Å². The molecular weight excluding hydrogens is 342 g/mol. The molecule has 4 heteroatoms. The third kappa shape index (κ3) is 5.53. The molecule has 0 bridgehead atoms. The summed E-state index contributed by atoms with van der Waals surface area (Å²) in [5, 5.41) is 0. The van der Waals surface area contributed by atoms with Crippen molar-refractivity contribution in [2.45, 2.75) is 25.0 Å². The minimum absolute atomic E-state index is 0.274. The number of amides is 1. The number of rotatable bonds is 7. The van der Waals surface area contributed by atoms with Crippen molar-refractivity contribution in [3.05, 3.63) is 65.7 Å². The Hall–Kier alpha value is -1.94. The maximum absolute atomic E-state index is 12.5. The average Bonchev–Trinajstić information content (AvgIpc) is 2.69. The molecule has 0 aromatic heterocycles. The molecule has 3 rings (SSSR count). The first-order valence-corrected chi connectivity index (χ1v) is 10.4. The van der Waals surface area contributed by atoms with Crippen molar-refractivity contribution in [1.82, 2.24) is 4.90 Å². The Morgan fingerprint density at radius 3 is 2.54 bits per heavy atom. The van der Waals surface area contributed by atoms with E-state index in [0.717, 1.165) is 43.9 Å². The van der Waals surface area contributed by atoms with Gasteiger partial charge in [0.25, 0.3) is 0 Å². The number of benzene rings is 2. The highest BCUT2D eigenvalue weighted by atomic mass is 32.2. The topological polar surface area (TPSA) is 29.5 Å². The van der Waals surface area contributed by atoms with Crippen LogP contribution in [0.25, 0.3) is 0 Å². The summed E-state index contributed by atoms with van der Waals surface area (Å²) in [7, 11) is 1.68. The molecule has 0 N–H and O–H groups in total. The number of nitrogens with zero attached hydrogens (tertiary/aromatic N) is 1. The van der Waals surface area contributed by atoms with Crippen molar-refractivity contribution < 1.29 is 9.53 Å². The van der Waals surface area contributed by atoms with E-state index in [1.807, 2.05) is 23.1 Å². The van der Waals surface area contributed by atoms with Crippen LogP contribution < -0.4 is 4.74 Å². The first-order chi connectivity index (χ1) is 12.7. The van der Waals surface area contributed by atoms with E-state index >= 15 is 0 Å². The highest BCUT2D eigenvalue weighted by molar-refractivity contribution is 7.99. The van der Waals surface area contributed by atoms with Gasteiger partial charge in [0.2, 0.25) is 5.91 Å². The first-order valence-electron chi connectivity index (χ1n) is 9.27. The van der Waals surface area contributed by atoms with Gasteiger partial charge >= 0.3 is 0 Å². The standard InChI is InChI=1S/C22H27NO2S/c1-25-21-9-5-8-20(15-21)16-26-17-22(24)23-12-10-19(11-13-23)14-18-6-3-2-4-7-18/h2-9,15,19H,10-14,16-17H2,1H3. The smallest absolute Gasteiger partial charge is 0.232 e. The largest absolute Gasteiger partial charge is 0.497 e. The molecule has 3 nitrogen and oxygen atoms in total. The molecule has 0 atom stereocenters. The lowest BCUT2D eigenvalue weighted by atomic mass is 9.90. The highest BCUT2D eigenvalue weighted by Gasteiger charge is 2.22. The minimum atomic E-state index is 0.274. The Bertz CT molecular complexity index is 696. The zero-order chi connectivity index (χ0) is 18.2. The molecular formula is C22H27NO2S. The van der Waals surface area contributed by atoms with Gasteiger partial charge in [0.1, 0.15) is 5.75 Å². The zero-order valence-electron chi connectivity index (χ0n) is 15.4. The second kappa shape index (κ2) is 9.67. The number of methoxy groups -OCH3 is 1. The maximum atomic E-state index is 12.5. The van der Waals surface area contributed by atoms with Crippen molar-refractivity contribution in [3.63, 3.8) is 0 Å². The molecule has 1 saturated heterocycles. The molecule has 0 aliphatic carbocycles. The molecule has 0 spiro atoms. The lowest BCUT2D eigenvalue weighted by molar-refractivity contribution is -0.129. The molecule has 1 aliphatic rings. The fraction of sp³-hybridized carbons (Fsp3) is 0.409. The predicted octanol–water partition coefficient (Wildman–Crippen LogP) is 4.41. The van der Waals surface area contributed by atoms with E-state index in [1.165, 1.54) is 11.1 Å². The summed E-state index contributed by atoms with van der Waals surface area (Å²) in [5.74, 6) is 3.24. The van der Waals surface area contributed by atoms with Gasteiger partial charge < -0.3 is 9.64 Å². The highest BCUT2D eigenvalue weighted by Crippen LogP contribution is 2.23. The molecule has 0 saturated carbocycles. The molecule has 2 aromatic rings. The van der Waals surface area contributed by atoms with Crippen LogP contribution in [0.1, 0.15) is 24.0 Å². The lowest BCUT2D eigenvalue weighted by Crippen LogP contribution is -2.39. The molecule has 26 heavy (non-hydrogen) atoms. The number of piperidine rings is 1. The van der Waals surface area contributed by atoms with E-state index in [2.05, 4.69) is 36.4 Å². The summed E-state index contributed by atoms with van der Waals surface area (Å²) in [6.07, 6.45) is 3.36. The average molecular weight is 370 g/mol. The van der Waals surface area contributed by atoms with E-state index in [4.69, 9.17) is 4.74 Å². The molecule has 1 heterocycles. The quantitative estimate of drug-likeness (QED) is 0.724. The number of carbonyl (C=O) groups is 1. The van der Waals surface area contributed by atoms with Gasteiger partial charge in [-0.3, -0.25) is 4.79 Å². The number of hydrogen-bond donors (Lipinski definition) is 0. The van der Waals surface area contributed by atoms with Crippen molar-refractivity contribution in [3.8, 4) is 5.75 Å². The second-order valence-electron chi connectivity index (χ2n) is 6.86. The van der Waals surface area contributed by atoms with Gasteiger partial charge in [-0.05, 0) is 48.4 Å². The molecule has 1 aliphatic heterocycles. The lowest BCUT2D eigenvalue weighted by Gasteiger charge is -2.32. The number of ether oxygens (including phenoxy) is 1. The molecule has 138 valence electrons. The van der Waals surface area contributed by atoms with Crippen LogP contribution in [0.15, 0.2) is 54.6 Å². The van der Waals surface area contributed by atoms with E-state index in [0.29, 0.717) is 11.7 Å². The van der Waals surface area contributed by atoms with Gasteiger partial charge in [-0.2, -0.15) is 0 Å². The van der Waals surface area contributed by atoms with Crippen molar-refractivity contribution in [1.29, 1.82) is 0 Å². The van der Waals surface area contributed by atoms with Gasteiger partial charge in [0.05, 0.1) is 12.9 Å². The number of hydrogen-bond acceptors (Lipinski definition) is 3. The van der Waals surface area contributed by atoms with E-state index < -0.39 is 0 Å². The Morgan fingerprint density at radius 1 is 1.08 bits per heavy atom. The fourth-order valence-corrected chi connectivity index (χ4v) is 4.32. The van der Waals surface area contributed by atoms with Gasteiger partial charge in [-0.1, -0.05) is 42.5 Å². The van der Waals surface area contributed by atoms with Crippen LogP contribution >= 0.6 is 11.8 Å². The summed E-state index contributed by atoms with van der Waals surface area (Å²) in [5.41, 5.74) is 2.61. The van der Waals surface area contributed by atoms with E-state index in [1.54, 1.807) is 18.9 Å². The van der Waals surface area contributed by atoms with Crippen molar-refractivity contribution in [2.75, 3.05) is 26.0 Å². The maximum Gasteiger partial charge on any atom is 0.232 e. The Kier molecular flexibility index (Phi) is 7.01. The fourth-order valence-electron chi connectivity index (χ4n) is 3.44. The summed E-state index contributed by atoms with van der Waals surface area (Å²) < 4.78 is 5.25. The normalized spacial score (nSPS) is 15.0. The molecule has 0 radical (unpaired) electrons. The van der Waals surface area contributed by atoms with Crippen LogP contribution in [-0.4, -0.2) is 36.8 Å². The van der Waals surface area contributed by atoms with Crippen LogP contribution in [0.2, 0.25) is 0 Å². The van der Waals surface area contributed by atoms with Gasteiger partial charge in [0.15, 0.2) is 0 Å². The molecule has 2 aromatic carbocycles. The molecule has 0 unspecified atom stereocenters. The Morgan fingerprint density at radius 2 is 1.81 bits per heavy atom. The Balaban J connectivity index is 1.38. The zero-order valence-corrected chi connectivity index (χ0v) is 16.2. The van der Waals surface area contributed by atoms with Crippen LogP contribution in [0, 0.1) is 5.92 Å². The van der Waals surface area contributed by atoms with Crippen molar-refractivity contribution in [2.24, 2.45) is 5.92 Å². The van der Waals surface area contributed by atoms with Gasteiger partial charge in [0, 0.05) is 18.8 Å². The van der Waals surface area contributed by atoms with Crippen LogP contribution in [0.3, 0.4) is 0 Å². The minimum Gasteiger partial charge on any atom is -0.497 e. The summed E-state index contributed by atoms with van der Waals surface area (Å²) in [6.45, 7) is 1.80. The van der Waals surface area contributed by atoms with Gasteiger partial charge in [-0.25, -0.2) is 0 Å². The summed E-state index contributed by atoms with van der Waals surface area (Å²) in [4.78, 5) is 14.5. The van der Waals surface area contributed by atoms with E-state index in [9.17, 15) is 4.79 Å². The number of thioether (sulfide) groups is 1. The molecule has 1 amide bonds.